The number of ketones is 1. The van der Waals surface area contributed by atoms with Crippen LogP contribution in [0.4, 0.5) is 10.5 Å². The first-order valence-corrected chi connectivity index (χ1v) is 18.0. The van der Waals surface area contributed by atoms with Crippen molar-refractivity contribution < 1.29 is 43.4 Å². The number of nitrogens with two attached hydrogens (primary N) is 2. The summed E-state index contributed by atoms with van der Waals surface area (Å²) < 4.78 is 5.31. The van der Waals surface area contributed by atoms with Crippen molar-refractivity contribution in [2.75, 3.05) is 11.9 Å². The van der Waals surface area contributed by atoms with E-state index >= 15 is 0 Å². The molecule has 4 rings (SSSR count). The van der Waals surface area contributed by atoms with E-state index < -0.39 is 83.0 Å². The number of carbonyl (C=O) groups is 6. The van der Waals surface area contributed by atoms with Gasteiger partial charge >= 0.3 is 6.09 Å². The van der Waals surface area contributed by atoms with Gasteiger partial charge in [0.2, 0.25) is 11.8 Å². The number of Topliss-reactive ketones (excluding diaryl/α,β-unsaturated/α-hetero) is 1. The second-order valence-electron chi connectivity index (χ2n) is 14.2. The van der Waals surface area contributed by atoms with Crippen molar-refractivity contribution in [3.05, 3.63) is 96.1 Å². The molecule has 0 aromatic heterocycles. The van der Waals surface area contributed by atoms with E-state index in [0.29, 0.717) is 10.6 Å². The van der Waals surface area contributed by atoms with Crippen molar-refractivity contribution in [3.8, 4) is 5.75 Å². The van der Waals surface area contributed by atoms with Crippen LogP contribution in [0.25, 0.3) is 0 Å². The second-order valence-corrected chi connectivity index (χ2v) is 14.8. The van der Waals surface area contributed by atoms with Gasteiger partial charge in [0.1, 0.15) is 24.8 Å². The van der Waals surface area contributed by atoms with Gasteiger partial charge in [-0.05, 0) is 50.5 Å². The number of para-hydroxylation sites is 2. The van der Waals surface area contributed by atoms with E-state index in [1.54, 1.807) is 81.4 Å². The number of ether oxygens (including phenoxy) is 1. The smallest absolute Gasteiger partial charge is 0.412 e. The first-order chi connectivity index (χ1) is 26.0. The van der Waals surface area contributed by atoms with Gasteiger partial charge in [0, 0.05) is 25.0 Å². The van der Waals surface area contributed by atoms with Gasteiger partial charge in [-0.15, -0.1) is 11.6 Å². The third kappa shape index (κ3) is 11.5. The van der Waals surface area contributed by atoms with E-state index in [4.69, 9.17) is 32.6 Å². The van der Waals surface area contributed by atoms with Gasteiger partial charge in [-0.25, -0.2) is 4.79 Å². The zero-order chi connectivity index (χ0) is 40.4. The molecule has 3 aromatic rings. The van der Waals surface area contributed by atoms with Gasteiger partial charge in [-0.2, -0.15) is 5.06 Å². The number of primary amides is 1. The number of carbonyl (C=O) groups excluding carboxylic acids is 6. The zero-order valence-electron chi connectivity index (χ0n) is 31.0. The summed E-state index contributed by atoms with van der Waals surface area (Å²) in [6, 6.07) is 18.7. The molecule has 6 atom stereocenters. The number of hydroxylamine groups is 2. The number of nitrogens with zero attached hydrogens (tertiary/aromatic N) is 2. The van der Waals surface area contributed by atoms with E-state index in [9.17, 15) is 33.9 Å². The summed E-state index contributed by atoms with van der Waals surface area (Å²) in [6.45, 7) is 6.19. The number of alkyl halides is 1. The number of hydrogen-bond donors (Lipinski definition) is 5. The Balaban J connectivity index is 1.68. The van der Waals surface area contributed by atoms with Crippen LogP contribution in [0.3, 0.4) is 0 Å². The summed E-state index contributed by atoms with van der Waals surface area (Å²) in [7, 11) is 0. The Labute approximate surface area is 324 Å². The van der Waals surface area contributed by atoms with Crippen molar-refractivity contribution in [2.45, 2.75) is 82.3 Å². The Hall–Kier alpha value is -5.51. The molecule has 0 saturated carbocycles. The second kappa shape index (κ2) is 18.7. The highest BCUT2D eigenvalue weighted by molar-refractivity contribution is 6.21. The van der Waals surface area contributed by atoms with Crippen LogP contribution in [0.1, 0.15) is 57.7 Å². The molecule has 0 bridgehead atoms. The molecule has 0 aliphatic carbocycles. The van der Waals surface area contributed by atoms with Crippen LogP contribution in [0.15, 0.2) is 84.9 Å². The van der Waals surface area contributed by atoms with Crippen molar-refractivity contribution in [1.82, 2.24) is 15.3 Å². The summed E-state index contributed by atoms with van der Waals surface area (Å²) in [5.41, 5.74) is 12.7. The predicted octanol–water partition coefficient (Wildman–Crippen LogP) is 3.19. The molecule has 4 unspecified atom stereocenters. The fourth-order valence-electron chi connectivity index (χ4n) is 6.15. The summed E-state index contributed by atoms with van der Waals surface area (Å²) in [4.78, 5) is 87.8. The molecule has 1 saturated heterocycles. The number of halogens is 1. The largest absolute Gasteiger partial charge is 0.444 e. The Bertz CT molecular complexity index is 1840. The third-order valence-corrected chi connectivity index (χ3v) is 8.99. The maximum atomic E-state index is 14.8. The molecule has 5 amide bonds. The van der Waals surface area contributed by atoms with Crippen LogP contribution >= 0.6 is 11.6 Å². The number of benzene rings is 3. The average molecular weight is 779 g/mol. The lowest BCUT2D eigenvalue weighted by molar-refractivity contribution is -0.173. The lowest BCUT2D eigenvalue weighted by Crippen LogP contribution is -2.58. The normalized spacial score (nSPS) is 17.5. The molecule has 15 nitrogen and oxygen atoms in total. The van der Waals surface area contributed by atoms with Crippen LogP contribution in [0, 0.1) is 5.92 Å². The number of hydrogen-bond acceptors (Lipinski definition) is 10. The Kier molecular flexibility index (Phi) is 14.4. The number of anilines is 1. The van der Waals surface area contributed by atoms with Gasteiger partial charge in [0.15, 0.2) is 11.5 Å². The van der Waals surface area contributed by atoms with E-state index in [-0.39, 0.29) is 31.0 Å². The molecule has 55 heavy (non-hydrogen) atoms. The maximum absolute atomic E-state index is 14.8. The Morgan fingerprint density at radius 1 is 0.964 bits per heavy atom. The lowest BCUT2D eigenvalue weighted by Gasteiger charge is -2.36. The molecule has 1 fully saturated rings. The molecule has 7 N–H and O–H groups in total. The first-order valence-electron chi connectivity index (χ1n) is 17.6. The topological polar surface area (TPSA) is 224 Å². The fourth-order valence-corrected chi connectivity index (χ4v) is 6.47. The molecular weight excluding hydrogens is 732 g/mol. The van der Waals surface area contributed by atoms with E-state index in [1.165, 1.54) is 18.2 Å². The van der Waals surface area contributed by atoms with Gasteiger partial charge in [0.05, 0.1) is 23.4 Å². The monoisotopic (exact) mass is 778 g/mol. The van der Waals surface area contributed by atoms with E-state index in [2.05, 4.69) is 10.6 Å². The molecule has 294 valence electrons. The predicted molar refractivity (Wildman–Crippen MR) is 203 cm³/mol. The van der Waals surface area contributed by atoms with Crippen molar-refractivity contribution in [1.29, 1.82) is 0 Å². The molecule has 16 heteroatoms. The molecular formula is C39H47ClN6O9. The lowest BCUT2D eigenvalue weighted by atomic mass is 9.81. The molecule has 1 heterocycles. The van der Waals surface area contributed by atoms with Gasteiger partial charge in [-0.3, -0.25) is 29.3 Å². The molecule has 3 aromatic carbocycles. The summed E-state index contributed by atoms with van der Waals surface area (Å²) >= 11 is 6.42. The fraction of sp³-hybridized carbons (Fsp3) is 0.385. The average Bonchev–Trinajstić information content (AvgIpc) is 3.54. The van der Waals surface area contributed by atoms with Crippen LogP contribution in [0.2, 0.25) is 0 Å². The number of likely N-dealkylation sites (tertiary alicyclic amines) is 1. The van der Waals surface area contributed by atoms with Crippen LogP contribution < -0.4 is 26.9 Å². The summed E-state index contributed by atoms with van der Waals surface area (Å²) in [5, 5.41) is 17.1. The Morgan fingerprint density at radius 2 is 1.56 bits per heavy atom. The summed E-state index contributed by atoms with van der Waals surface area (Å²) in [5.74, 6) is -6.42. The number of amides is 5. The number of aliphatic hydroxyl groups excluding tert-OH is 1. The molecule has 0 radical (unpaired) electrons. The quantitative estimate of drug-likeness (QED) is 0.112. The van der Waals surface area contributed by atoms with Crippen molar-refractivity contribution in [2.24, 2.45) is 17.4 Å². The minimum Gasteiger partial charge on any atom is -0.444 e. The maximum Gasteiger partial charge on any atom is 0.412 e. The van der Waals surface area contributed by atoms with Crippen molar-refractivity contribution in [3.63, 3.8) is 0 Å². The van der Waals surface area contributed by atoms with Gasteiger partial charge < -0.3 is 36.4 Å². The molecule has 1 aliphatic heterocycles. The molecule has 1 aliphatic rings. The Morgan fingerprint density at radius 3 is 2.16 bits per heavy atom. The van der Waals surface area contributed by atoms with Crippen LogP contribution in [-0.2, 0) is 35.3 Å². The van der Waals surface area contributed by atoms with Crippen LogP contribution in [-0.4, -0.2) is 86.2 Å². The minimum atomic E-state index is -2.19. The SMILES string of the molecule is CC(=O)N(Oc1ccccc1NC(=O)OCc1ccccc1)[C@@H](CC(N)=O)C(=O)C(C(O)C(=O)N1CC(Cl)C[C@H]1C(=O)NC(C)(C)C)C(N)c1ccccc1. The van der Waals surface area contributed by atoms with E-state index in [1.807, 2.05) is 6.07 Å². The standard InChI is InChI=1S/C39H47ClN6O9/c1-23(47)46(55-30-18-12-11-17-27(30)43-38(53)54-22-24-13-7-5-8-14-24)28(20-31(41)48)34(49)32(33(42)25-15-9-6-10-16-25)35(50)37(52)45-21-26(40)19-29(45)36(51)44-39(2,3)4/h5-18,26,28-29,32-33,35,50H,19-22,42H2,1-4H3,(H2,41,48)(H,43,53)(H,44,51)/t26?,28-,29-,32?,33?,35?/m0/s1. The minimum absolute atomic E-state index is 0.0362. The first kappa shape index (κ1) is 42.2. The highest BCUT2D eigenvalue weighted by Gasteiger charge is 2.48. The highest BCUT2D eigenvalue weighted by atomic mass is 35.5. The third-order valence-electron chi connectivity index (χ3n) is 8.68. The number of nitrogens with one attached hydrogen (secondary N) is 2. The highest BCUT2D eigenvalue weighted by Crippen LogP contribution is 2.32. The molecule has 0 spiro atoms. The van der Waals surface area contributed by atoms with Gasteiger partial charge in [-0.1, -0.05) is 72.8 Å². The number of rotatable bonds is 15. The van der Waals surface area contributed by atoms with Crippen LogP contribution in [0.5, 0.6) is 5.75 Å². The van der Waals surface area contributed by atoms with Gasteiger partial charge in [0.25, 0.3) is 11.8 Å². The zero-order valence-corrected chi connectivity index (χ0v) is 31.8. The summed E-state index contributed by atoms with van der Waals surface area (Å²) in [6.07, 6.45) is -3.78. The van der Waals surface area contributed by atoms with Crippen molar-refractivity contribution >= 4 is 52.8 Å². The van der Waals surface area contributed by atoms with E-state index in [0.717, 1.165) is 17.4 Å². The number of aliphatic hydroxyl groups is 1.